The van der Waals surface area contributed by atoms with Gasteiger partial charge in [0, 0.05) is 18.4 Å². The highest BCUT2D eigenvalue weighted by Crippen LogP contribution is 2.63. The van der Waals surface area contributed by atoms with E-state index in [9.17, 15) is 4.79 Å². The highest BCUT2D eigenvalue weighted by Gasteiger charge is 2.58. The monoisotopic (exact) mass is 204 g/mol. The number of nitrogens with zero attached hydrogens (tertiary/aromatic N) is 1. The molecule has 0 saturated heterocycles. The van der Waals surface area contributed by atoms with E-state index in [-0.39, 0.29) is 5.78 Å². The van der Waals surface area contributed by atoms with Gasteiger partial charge in [-0.05, 0) is 24.2 Å². The number of nitrogens with one attached hydrogen (secondary N) is 1. The van der Waals surface area contributed by atoms with Gasteiger partial charge in [0.1, 0.15) is 5.69 Å². The number of ketones is 1. The van der Waals surface area contributed by atoms with Crippen LogP contribution in [0.15, 0.2) is 0 Å². The van der Waals surface area contributed by atoms with Crippen LogP contribution in [0.3, 0.4) is 0 Å². The fourth-order valence-corrected chi connectivity index (χ4v) is 3.35. The van der Waals surface area contributed by atoms with E-state index in [1.165, 1.54) is 11.3 Å². The summed E-state index contributed by atoms with van der Waals surface area (Å²) >= 11 is 0. The molecule has 3 heteroatoms. The highest BCUT2D eigenvalue weighted by molar-refractivity contribution is 5.94. The minimum Gasteiger partial charge on any atom is -0.293 e. The molecule has 0 radical (unpaired) electrons. The predicted molar refractivity (Wildman–Crippen MR) is 56.9 cm³/mol. The van der Waals surface area contributed by atoms with Crippen molar-refractivity contribution in [2.75, 3.05) is 0 Å². The first-order valence-corrected chi connectivity index (χ1v) is 5.69. The largest absolute Gasteiger partial charge is 0.293 e. The van der Waals surface area contributed by atoms with Crippen molar-refractivity contribution >= 4 is 5.78 Å². The topological polar surface area (TPSA) is 45.8 Å². The smallest absolute Gasteiger partial charge is 0.177 e. The quantitative estimate of drug-likeness (QED) is 0.750. The Balaban J connectivity index is 1.95. The highest BCUT2D eigenvalue weighted by atomic mass is 16.1. The molecule has 1 fully saturated rings. The first kappa shape index (κ1) is 9.13. The van der Waals surface area contributed by atoms with Crippen molar-refractivity contribution in [3.63, 3.8) is 0 Å². The number of fused-ring (bicyclic) bond motifs is 3. The second-order valence-electron chi connectivity index (χ2n) is 5.23. The number of hydrogen-bond acceptors (Lipinski definition) is 2. The van der Waals surface area contributed by atoms with Crippen LogP contribution in [-0.2, 0) is 6.42 Å². The van der Waals surface area contributed by atoms with Crippen LogP contribution in [0.25, 0.3) is 0 Å². The molecule has 2 aliphatic rings. The number of aromatic nitrogens is 2. The molecule has 80 valence electrons. The number of hydrogen-bond donors (Lipinski definition) is 1. The molecule has 1 aromatic heterocycles. The summed E-state index contributed by atoms with van der Waals surface area (Å²) in [6.45, 7) is 6.17. The number of rotatable bonds is 2. The van der Waals surface area contributed by atoms with Crippen molar-refractivity contribution in [2.45, 2.75) is 33.1 Å². The first-order valence-electron chi connectivity index (χ1n) is 5.69. The summed E-state index contributed by atoms with van der Waals surface area (Å²) in [4.78, 5) is 11.3. The summed E-state index contributed by atoms with van der Waals surface area (Å²) in [6, 6.07) is 0. The van der Waals surface area contributed by atoms with Gasteiger partial charge < -0.3 is 0 Å². The van der Waals surface area contributed by atoms with E-state index in [0.717, 1.165) is 29.9 Å². The van der Waals surface area contributed by atoms with Gasteiger partial charge >= 0.3 is 0 Å². The van der Waals surface area contributed by atoms with Crippen LogP contribution >= 0.6 is 0 Å². The summed E-state index contributed by atoms with van der Waals surface area (Å²) < 4.78 is 0. The average Bonchev–Trinajstić information content (AvgIpc) is 2.52. The molecule has 3 nitrogen and oxygen atoms in total. The lowest BCUT2D eigenvalue weighted by Crippen LogP contribution is -2.02. The average molecular weight is 204 g/mol. The maximum Gasteiger partial charge on any atom is 0.177 e. The molecule has 2 aliphatic carbocycles. The van der Waals surface area contributed by atoms with Gasteiger partial charge in [-0.25, -0.2) is 0 Å². The normalized spacial score (nSPS) is 31.6. The molecule has 1 aromatic rings. The van der Waals surface area contributed by atoms with E-state index in [2.05, 4.69) is 24.0 Å². The number of carbonyl (C=O) groups excluding carboxylic acids is 1. The number of H-pyrrole nitrogens is 1. The summed E-state index contributed by atoms with van der Waals surface area (Å²) in [5.41, 5.74) is 3.14. The van der Waals surface area contributed by atoms with Gasteiger partial charge in [0.25, 0.3) is 0 Å². The number of Topliss-reactive ketones (excluding diaryl/α,β-unsaturated/α-hetero) is 1. The molecule has 0 amide bonds. The lowest BCUT2D eigenvalue weighted by Gasteiger charge is -2.06. The summed E-state index contributed by atoms with van der Waals surface area (Å²) in [5, 5.41) is 7.22. The predicted octanol–water partition coefficient (Wildman–Crippen LogP) is 2.15. The molecule has 3 rings (SSSR count). The third kappa shape index (κ3) is 1.06. The van der Waals surface area contributed by atoms with Crippen LogP contribution in [0.5, 0.6) is 0 Å². The second-order valence-corrected chi connectivity index (χ2v) is 5.23. The number of carbonyl (C=O) groups is 1. The molecule has 1 saturated carbocycles. The Morgan fingerprint density at radius 2 is 2.27 bits per heavy atom. The summed E-state index contributed by atoms with van der Waals surface area (Å²) in [6.07, 6.45) is 1.06. The van der Waals surface area contributed by atoms with Gasteiger partial charge in [-0.1, -0.05) is 13.8 Å². The molecule has 0 bridgehead atoms. The van der Waals surface area contributed by atoms with Crippen LogP contribution in [0.2, 0.25) is 0 Å². The fourth-order valence-electron chi connectivity index (χ4n) is 3.35. The zero-order valence-corrected chi connectivity index (χ0v) is 9.37. The Labute approximate surface area is 89.3 Å². The number of aromatic amines is 1. The van der Waals surface area contributed by atoms with Crippen LogP contribution in [0, 0.1) is 17.8 Å². The molecule has 0 spiro atoms. The van der Waals surface area contributed by atoms with Gasteiger partial charge in [0.2, 0.25) is 0 Å². The molecular weight excluding hydrogens is 188 g/mol. The molecule has 15 heavy (non-hydrogen) atoms. The van der Waals surface area contributed by atoms with E-state index in [1.807, 2.05) is 0 Å². The second kappa shape index (κ2) is 2.71. The Morgan fingerprint density at radius 3 is 2.87 bits per heavy atom. The van der Waals surface area contributed by atoms with Crippen molar-refractivity contribution in [1.29, 1.82) is 0 Å². The summed E-state index contributed by atoms with van der Waals surface area (Å²) in [5.74, 6) is 3.08. The standard InChI is InChI=1S/C12H16N2O/c1-5(2)9-7-4-8-11(6(3)15)13-14-12(8)10(7)9/h5,7,9-10H,4H2,1-3H3,(H,13,14). The van der Waals surface area contributed by atoms with Gasteiger partial charge in [-0.15, -0.1) is 0 Å². The van der Waals surface area contributed by atoms with Crippen LogP contribution in [0.1, 0.15) is 48.4 Å². The SMILES string of the molecule is CC(=O)c1[nH]nc2c1CC1C2C1C(C)C. The Morgan fingerprint density at radius 1 is 1.53 bits per heavy atom. The van der Waals surface area contributed by atoms with Crippen molar-refractivity contribution in [2.24, 2.45) is 17.8 Å². The molecule has 1 N–H and O–H groups in total. The van der Waals surface area contributed by atoms with E-state index >= 15 is 0 Å². The Hall–Kier alpha value is -1.12. The molecule has 0 aromatic carbocycles. The van der Waals surface area contributed by atoms with Gasteiger partial charge in [-0.2, -0.15) is 5.10 Å². The molecule has 3 unspecified atom stereocenters. The van der Waals surface area contributed by atoms with E-state index in [1.54, 1.807) is 6.92 Å². The minimum absolute atomic E-state index is 0.117. The van der Waals surface area contributed by atoms with Crippen molar-refractivity contribution in [1.82, 2.24) is 10.2 Å². The van der Waals surface area contributed by atoms with Gasteiger partial charge in [0.15, 0.2) is 5.78 Å². The third-order valence-corrected chi connectivity index (χ3v) is 4.01. The van der Waals surface area contributed by atoms with Gasteiger partial charge in [-0.3, -0.25) is 9.89 Å². The van der Waals surface area contributed by atoms with E-state index < -0.39 is 0 Å². The molecule has 1 heterocycles. The van der Waals surface area contributed by atoms with E-state index in [4.69, 9.17) is 0 Å². The molecular formula is C12H16N2O. The van der Waals surface area contributed by atoms with Crippen molar-refractivity contribution in [3.8, 4) is 0 Å². The van der Waals surface area contributed by atoms with E-state index in [0.29, 0.717) is 5.92 Å². The fraction of sp³-hybridized carbons (Fsp3) is 0.667. The maximum absolute atomic E-state index is 11.3. The van der Waals surface area contributed by atoms with Crippen LogP contribution in [0.4, 0.5) is 0 Å². The zero-order valence-electron chi connectivity index (χ0n) is 9.37. The summed E-state index contributed by atoms with van der Waals surface area (Å²) in [7, 11) is 0. The first-order chi connectivity index (χ1) is 7.11. The third-order valence-electron chi connectivity index (χ3n) is 4.01. The van der Waals surface area contributed by atoms with Gasteiger partial charge in [0.05, 0.1) is 5.69 Å². The van der Waals surface area contributed by atoms with Crippen molar-refractivity contribution in [3.05, 3.63) is 17.0 Å². The molecule has 3 atom stereocenters. The zero-order chi connectivity index (χ0) is 10.7. The van der Waals surface area contributed by atoms with Crippen molar-refractivity contribution < 1.29 is 4.79 Å². The lowest BCUT2D eigenvalue weighted by molar-refractivity contribution is 0.101. The lowest BCUT2D eigenvalue weighted by atomic mass is 9.98. The van der Waals surface area contributed by atoms with Crippen LogP contribution in [-0.4, -0.2) is 16.0 Å². The minimum atomic E-state index is 0.117. The Kier molecular flexibility index (Phi) is 1.65. The Bertz CT molecular complexity index is 433. The molecule has 0 aliphatic heterocycles. The van der Waals surface area contributed by atoms with Crippen LogP contribution < -0.4 is 0 Å². The maximum atomic E-state index is 11.3.